The van der Waals surface area contributed by atoms with Crippen LogP contribution in [0.4, 0.5) is 4.39 Å². The molecule has 0 fully saturated rings. The van der Waals surface area contributed by atoms with Crippen molar-refractivity contribution in [3.63, 3.8) is 0 Å². The average molecular weight is 469 g/mol. The number of nitrogens with one attached hydrogen (secondary N) is 1. The van der Waals surface area contributed by atoms with E-state index in [1.807, 2.05) is 20.8 Å². The van der Waals surface area contributed by atoms with E-state index in [1.165, 1.54) is 29.2 Å². The lowest BCUT2D eigenvalue weighted by atomic mass is 10.1. The molecule has 8 heteroatoms. The van der Waals surface area contributed by atoms with Gasteiger partial charge in [-0.15, -0.1) is 0 Å². The lowest BCUT2D eigenvalue weighted by Crippen LogP contribution is -2.50. The number of amides is 2. The average Bonchev–Trinajstić information content (AvgIpc) is 2.74. The molecule has 2 aromatic rings. The molecule has 2 rings (SSSR count). The monoisotopic (exact) mass is 468 g/mol. The summed E-state index contributed by atoms with van der Waals surface area (Å²) >= 11 is 12.1. The molecule has 0 saturated carbocycles. The number of halogens is 3. The largest absolute Gasteiger partial charge is 0.484 e. The summed E-state index contributed by atoms with van der Waals surface area (Å²) in [4.78, 5) is 27.4. The second-order valence-corrected chi connectivity index (χ2v) is 8.39. The Morgan fingerprint density at radius 3 is 2.35 bits per heavy atom. The molecular formula is C23H27Cl2FN2O3. The summed E-state index contributed by atoms with van der Waals surface area (Å²) in [5.41, 5.74) is 0.736. The quantitative estimate of drug-likeness (QED) is 0.528. The topological polar surface area (TPSA) is 58.6 Å². The van der Waals surface area contributed by atoms with E-state index in [9.17, 15) is 14.0 Å². The van der Waals surface area contributed by atoms with Gasteiger partial charge in [0, 0.05) is 13.1 Å². The van der Waals surface area contributed by atoms with Crippen molar-refractivity contribution in [3.8, 4) is 5.75 Å². The maximum atomic E-state index is 13.1. The van der Waals surface area contributed by atoms with Crippen LogP contribution in [-0.2, 0) is 16.1 Å². The predicted molar refractivity (Wildman–Crippen MR) is 121 cm³/mol. The first-order valence-electron chi connectivity index (χ1n) is 10.1. The highest BCUT2D eigenvalue weighted by atomic mass is 35.5. The molecular weight excluding hydrogens is 442 g/mol. The molecule has 5 nitrogen and oxygen atoms in total. The highest BCUT2D eigenvalue weighted by Gasteiger charge is 2.29. The van der Waals surface area contributed by atoms with E-state index >= 15 is 0 Å². The van der Waals surface area contributed by atoms with E-state index in [-0.39, 0.29) is 30.9 Å². The zero-order valence-electron chi connectivity index (χ0n) is 17.8. The summed E-state index contributed by atoms with van der Waals surface area (Å²) in [6.07, 6.45) is 0.424. The Kier molecular flexibility index (Phi) is 9.59. The van der Waals surface area contributed by atoms with Gasteiger partial charge in [0.05, 0.1) is 10.0 Å². The molecule has 0 aliphatic rings. The number of carbonyl (C=O) groups is 2. The van der Waals surface area contributed by atoms with Crippen molar-refractivity contribution in [1.29, 1.82) is 0 Å². The van der Waals surface area contributed by atoms with Crippen LogP contribution in [0.2, 0.25) is 10.0 Å². The molecule has 0 radical (unpaired) electrons. The van der Waals surface area contributed by atoms with Crippen molar-refractivity contribution in [2.75, 3.05) is 13.2 Å². The van der Waals surface area contributed by atoms with Crippen LogP contribution in [0.5, 0.6) is 5.75 Å². The van der Waals surface area contributed by atoms with Crippen LogP contribution in [-0.4, -0.2) is 35.9 Å². The minimum Gasteiger partial charge on any atom is -0.484 e. The van der Waals surface area contributed by atoms with Crippen molar-refractivity contribution < 1.29 is 18.7 Å². The van der Waals surface area contributed by atoms with Crippen LogP contribution in [0.1, 0.15) is 32.8 Å². The smallest absolute Gasteiger partial charge is 0.261 e. The number of ether oxygens (including phenoxy) is 1. The van der Waals surface area contributed by atoms with E-state index in [4.69, 9.17) is 27.9 Å². The third-order valence-electron chi connectivity index (χ3n) is 4.58. The Balaban J connectivity index is 2.21. The highest BCUT2D eigenvalue weighted by Crippen LogP contribution is 2.24. The van der Waals surface area contributed by atoms with Gasteiger partial charge in [0.25, 0.3) is 5.91 Å². The molecule has 1 N–H and O–H groups in total. The summed E-state index contributed by atoms with van der Waals surface area (Å²) < 4.78 is 18.6. The predicted octanol–water partition coefficient (Wildman–Crippen LogP) is 5.09. The summed E-state index contributed by atoms with van der Waals surface area (Å²) in [5.74, 6) is -0.356. The number of carbonyl (C=O) groups excluding carboxylic acids is 2. The molecule has 168 valence electrons. The fraction of sp³-hybridized carbons (Fsp3) is 0.391. The SMILES string of the molecule is CCC(C(=O)NCC(C)C)N(Cc1ccc(Cl)c(Cl)c1)C(=O)COc1ccc(F)cc1. The molecule has 2 amide bonds. The fourth-order valence-corrected chi connectivity index (χ4v) is 3.26. The normalized spacial score (nSPS) is 11.8. The minimum atomic E-state index is -0.683. The lowest BCUT2D eigenvalue weighted by Gasteiger charge is -2.31. The summed E-state index contributed by atoms with van der Waals surface area (Å²) in [6.45, 7) is 6.22. The molecule has 0 heterocycles. The van der Waals surface area contributed by atoms with Gasteiger partial charge in [-0.05, 0) is 54.3 Å². The Morgan fingerprint density at radius 1 is 1.10 bits per heavy atom. The molecule has 0 bridgehead atoms. The van der Waals surface area contributed by atoms with Gasteiger partial charge in [0.15, 0.2) is 6.61 Å². The number of rotatable bonds is 10. The van der Waals surface area contributed by atoms with Crippen molar-refractivity contribution in [1.82, 2.24) is 10.2 Å². The van der Waals surface area contributed by atoms with Crippen LogP contribution in [0.25, 0.3) is 0 Å². The van der Waals surface area contributed by atoms with Crippen molar-refractivity contribution >= 4 is 35.0 Å². The first-order valence-corrected chi connectivity index (χ1v) is 10.9. The lowest BCUT2D eigenvalue weighted by molar-refractivity contribution is -0.143. The van der Waals surface area contributed by atoms with E-state index in [2.05, 4.69) is 5.32 Å². The highest BCUT2D eigenvalue weighted by molar-refractivity contribution is 6.42. The van der Waals surface area contributed by atoms with Crippen LogP contribution in [0, 0.1) is 11.7 Å². The van der Waals surface area contributed by atoms with Gasteiger partial charge in [-0.1, -0.05) is 50.0 Å². The Morgan fingerprint density at radius 2 is 1.77 bits per heavy atom. The van der Waals surface area contributed by atoms with Gasteiger partial charge in [-0.3, -0.25) is 9.59 Å². The molecule has 0 aliphatic carbocycles. The molecule has 0 saturated heterocycles. The maximum Gasteiger partial charge on any atom is 0.261 e. The molecule has 0 aliphatic heterocycles. The summed E-state index contributed by atoms with van der Waals surface area (Å²) in [7, 11) is 0. The van der Waals surface area contributed by atoms with Crippen LogP contribution < -0.4 is 10.1 Å². The zero-order chi connectivity index (χ0) is 23.0. The third-order valence-corrected chi connectivity index (χ3v) is 5.32. The van der Waals surface area contributed by atoms with Crippen LogP contribution >= 0.6 is 23.2 Å². The number of hydrogen-bond acceptors (Lipinski definition) is 3. The molecule has 31 heavy (non-hydrogen) atoms. The van der Waals surface area contributed by atoms with Crippen LogP contribution in [0.15, 0.2) is 42.5 Å². The molecule has 1 unspecified atom stereocenters. The number of nitrogens with zero attached hydrogens (tertiary/aromatic N) is 1. The summed E-state index contributed by atoms with van der Waals surface area (Å²) in [6, 6.07) is 9.78. The van der Waals surface area contributed by atoms with Gasteiger partial charge in [-0.2, -0.15) is 0 Å². The second kappa shape index (κ2) is 11.9. The Hall–Kier alpha value is -2.31. The maximum absolute atomic E-state index is 13.1. The Labute approximate surface area is 192 Å². The van der Waals surface area contributed by atoms with E-state index < -0.39 is 11.9 Å². The fourth-order valence-electron chi connectivity index (χ4n) is 2.94. The van der Waals surface area contributed by atoms with Gasteiger partial charge in [0.2, 0.25) is 5.91 Å². The number of hydrogen-bond donors (Lipinski definition) is 1. The van der Waals surface area contributed by atoms with Gasteiger partial charge >= 0.3 is 0 Å². The van der Waals surface area contributed by atoms with Gasteiger partial charge < -0.3 is 15.0 Å². The second-order valence-electron chi connectivity index (χ2n) is 7.58. The first-order chi connectivity index (χ1) is 14.7. The third kappa shape index (κ3) is 7.71. The van der Waals surface area contributed by atoms with Gasteiger partial charge in [-0.25, -0.2) is 4.39 Å². The summed E-state index contributed by atoms with van der Waals surface area (Å²) in [5, 5.41) is 3.67. The van der Waals surface area contributed by atoms with Crippen molar-refractivity contribution in [2.45, 2.75) is 39.8 Å². The Bertz CT molecular complexity index is 891. The van der Waals surface area contributed by atoms with Crippen molar-refractivity contribution in [3.05, 3.63) is 63.9 Å². The number of benzene rings is 2. The molecule has 0 spiro atoms. The molecule has 0 aromatic heterocycles. The van der Waals surface area contributed by atoms with E-state index in [1.54, 1.807) is 18.2 Å². The van der Waals surface area contributed by atoms with Gasteiger partial charge in [0.1, 0.15) is 17.6 Å². The minimum absolute atomic E-state index is 0.163. The van der Waals surface area contributed by atoms with Crippen LogP contribution in [0.3, 0.4) is 0 Å². The van der Waals surface area contributed by atoms with E-state index in [0.717, 1.165) is 5.56 Å². The first kappa shape index (κ1) is 25.0. The standard InChI is InChI=1S/C23H27Cl2FN2O3/c1-4-21(23(30)27-12-15(2)3)28(13-16-5-10-19(24)20(25)11-16)22(29)14-31-18-8-6-17(26)7-9-18/h5-11,15,21H,4,12-14H2,1-3H3,(H,27,30). The van der Waals surface area contributed by atoms with Crippen molar-refractivity contribution in [2.24, 2.45) is 5.92 Å². The molecule has 1 atom stereocenters. The molecule has 2 aromatic carbocycles. The van der Waals surface area contributed by atoms with E-state index in [0.29, 0.717) is 28.8 Å². The zero-order valence-corrected chi connectivity index (χ0v) is 19.3.